The lowest BCUT2D eigenvalue weighted by molar-refractivity contribution is 0.0692. The number of hydrogen-bond acceptors (Lipinski definition) is 6. The Morgan fingerprint density at radius 3 is 2.39 bits per heavy atom. The maximum absolute atomic E-state index is 14.9. The number of nitrogens with zero attached hydrogens (tertiary/aromatic N) is 1. The number of aliphatic hydroxyl groups is 1. The van der Waals surface area contributed by atoms with Crippen molar-refractivity contribution in [3.8, 4) is 16.9 Å². The Hall–Kier alpha value is -3.31. The predicted molar refractivity (Wildman–Crippen MR) is 155 cm³/mol. The second kappa shape index (κ2) is 12.3. The molecule has 10 heteroatoms. The van der Waals surface area contributed by atoms with Gasteiger partial charge in [0.05, 0.1) is 18.8 Å². The zero-order chi connectivity index (χ0) is 29.9. The molecule has 0 unspecified atom stereocenters. The van der Waals surface area contributed by atoms with E-state index in [0.29, 0.717) is 5.92 Å². The average molecular weight is 585 g/mol. The molecular formula is C31H37FN2O6S. The molecule has 8 nitrogen and oxygen atoms in total. The van der Waals surface area contributed by atoms with E-state index >= 15 is 0 Å². The summed E-state index contributed by atoms with van der Waals surface area (Å²) in [5, 5.41) is 23.4. The van der Waals surface area contributed by atoms with Gasteiger partial charge in [-0.05, 0) is 73.9 Å². The fourth-order valence-corrected chi connectivity index (χ4v) is 6.96. The number of carbonyl (C=O) groups is 1. The van der Waals surface area contributed by atoms with E-state index in [1.807, 2.05) is 0 Å². The number of β-amino-alcohol motifs (C(OH)–C–C–N with tert-alkyl or cyclic N) is 1. The van der Waals surface area contributed by atoms with Gasteiger partial charge in [0, 0.05) is 31.2 Å². The Bertz CT molecular complexity index is 1500. The van der Waals surface area contributed by atoms with Gasteiger partial charge in [-0.1, -0.05) is 42.5 Å². The van der Waals surface area contributed by atoms with Gasteiger partial charge in [-0.3, -0.25) is 0 Å². The van der Waals surface area contributed by atoms with Crippen LogP contribution in [-0.2, 0) is 22.9 Å². The molecule has 0 aromatic heterocycles. The Morgan fingerprint density at radius 2 is 1.78 bits per heavy atom. The van der Waals surface area contributed by atoms with Crippen LogP contribution in [0.25, 0.3) is 11.1 Å². The monoisotopic (exact) mass is 584 g/mol. The molecule has 0 bridgehead atoms. The van der Waals surface area contributed by atoms with E-state index in [9.17, 15) is 27.8 Å². The number of carboxylic acids is 1. The molecule has 0 amide bonds. The minimum atomic E-state index is -4.17. The summed E-state index contributed by atoms with van der Waals surface area (Å²) < 4.78 is 48.3. The van der Waals surface area contributed by atoms with Crippen molar-refractivity contribution in [3.05, 3.63) is 83.2 Å². The number of ether oxygens (including phenoxy) is 1. The van der Waals surface area contributed by atoms with Gasteiger partial charge in [0.1, 0.15) is 16.5 Å². The van der Waals surface area contributed by atoms with Gasteiger partial charge in [-0.15, -0.1) is 0 Å². The van der Waals surface area contributed by atoms with Crippen LogP contribution in [0.2, 0.25) is 0 Å². The largest absolute Gasteiger partial charge is 0.495 e. The van der Waals surface area contributed by atoms with E-state index in [2.05, 4.69) is 43.4 Å². The van der Waals surface area contributed by atoms with E-state index in [0.717, 1.165) is 29.6 Å². The number of aliphatic hydroxyl groups excluding tert-OH is 1. The normalized spacial score (nSPS) is 14.7. The highest BCUT2D eigenvalue weighted by Crippen LogP contribution is 2.34. The summed E-state index contributed by atoms with van der Waals surface area (Å²) in [6, 6.07) is 16.5. The van der Waals surface area contributed by atoms with Crippen molar-refractivity contribution in [2.45, 2.75) is 49.6 Å². The smallest absolute Gasteiger partial charge is 0.338 e. The van der Waals surface area contributed by atoms with Crippen LogP contribution < -0.4 is 10.1 Å². The van der Waals surface area contributed by atoms with E-state index in [4.69, 9.17) is 4.74 Å². The molecular weight excluding hydrogens is 547 g/mol. The van der Waals surface area contributed by atoms with Gasteiger partial charge in [0.15, 0.2) is 0 Å². The SMILES string of the molecule is COc1ccc(-c2cccc(C(=O)O)c2F)cc1S(=O)(=O)N(C)C[C@H](O)CNC(C)(C)CC1Cc2ccccc2C1. The first-order valence-corrected chi connectivity index (χ1v) is 14.9. The molecule has 0 spiro atoms. The molecule has 0 fully saturated rings. The van der Waals surface area contributed by atoms with Crippen LogP contribution in [0.5, 0.6) is 5.75 Å². The first-order valence-electron chi connectivity index (χ1n) is 13.5. The van der Waals surface area contributed by atoms with Crippen molar-refractivity contribution in [2.24, 2.45) is 5.92 Å². The summed E-state index contributed by atoms with van der Waals surface area (Å²) in [7, 11) is -1.49. The Labute approximate surface area is 240 Å². The number of likely N-dealkylation sites (N-methyl/N-ethyl adjacent to an activating group) is 1. The highest BCUT2D eigenvalue weighted by molar-refractivity contribution is 7.89. The van der Waals surface area contributed by atoms with Crippen molar-refractivity contribution in [3.63, 3.8) is 0 Å². The number of fused-ring (bicyclic) bond motifs is 1. The zero-order valence-corrected chi connectivity index (χ0v) is 24.5. The molecule has 220 valence electrons. The number of sulfonamides is 1. The lowest BCUT2D eigenvalue weighted by Crippen LogP contribution is -2.47. The number of halogens is 1. The number of methoxy groups -OCH3 is 1. The first kappa shape index (κ1) is 30.6. The Balaban J connectivity index is 1.43. The van der Waals surface area contributed by atoms with Crippen LogP contribution in [0.15, 0.2) is 65.6 Å². The lowest BCUT2D eigenvalue weighted by atomic mass is 9.88. The minimum Gasteiger partial charge on any atom is -0.495 e. The number of benzene rings is 3. The van der Waals surface area contributed by atoms with Crippen LogP contribution in [0.3, 0.4) is 0 Å². The third kappa shape index (κ3) is 6.95. The molecule has 3 aromatic carbocycles. The molecule has 4 rings (SSSR count). The maximum atomic E-state index is 14.9. The molecule has 1 atom stereocenters. The molecule has 0 saturated heterocycles. The van der Waals surface area contributed by atoms with E-state index in [1.54, 1.807) is 0 Å². The van der Waals surface area contributed by atoms with Crippen LogP contribution in [0.4, 0.5) is 4.39 Å². The summed E-state index contributed by atoms with van der Waals surface area (Å²) in [5.41, 5.74) is 2.11. The highest BCUT2D eigenvalue weighted by Gasteiger charge is 2.31. The van der Waals surface area contributed by atoms with Gasteiger partial charge in [0.2, 0.25) is 10.0 Å². The predicted octanol–water partition coefficient (Wildman–Crippen LogP) is 4.35. The van der Waals surface area contributed by atoms with Gasteiger partial charge in [-0.25, -0.2) is 17.6 Å². The third-order valence-corrected chi connectivity index (χ3v) is 9.46. The number of nitrogens with one attached hydrogen (secondary N) is 1. The van der Waals surface area contributed by atoms with Crippen molar-refractivity contribution < 1.29 is 32.6 Å². The molecule has 1 aliphatic carbocycles. The van der Waals surface area contributed by atoms with Crippen LogP contribution in [-0.4, -0.2) is 67.8 Å². The molecule has 41 heavy (non-hydrogen) atoms. The summed E-state index contributed by atoms with van der Waals surface area (Å²) in [5.74, 6) is -1.85. The summed E-state index contributed by atoms with van der Waals surface area (Å²) in [6.07, 6.45) is 1.96. The first-order chi connectivity index (χ1) is 19.3. The van der Waals surface area contributed by atoms with E-state index in [-0.39, 0.29) is 40.4 Å². The number of rotatable bonds is 12. The molecule has 1 aliphatic rings. The maximum Gasteiger partial charge on any atom is 0.338 e. The van der Waals surface area contributed by atoms with Gasteiger partial charge in [0.25, 0.3) is 0 Å². The standard InChI is InChI=1S/C31H37FN2O6S/c1-31(2,17-20-14-21-8-5-6-9-22(21)15-20)33-18-24(35)19-34(3)41(38,39)28-16-23(12-13-27(28)40-4)25-10-7-11-26(29(25)32)30(36)37/h5-13,16,20,24,33,35H,14-15,17-19H2,1-4H3,(H,36,37)/t24-/m1/s1. The minimum absolute atomic E-state index is 0.0432. The number of carboxylic acid groups (broad SMARTS) is 1. The van der Waals surface area contributed by atoms with Crippen LogP contribution in [0.1, 0.15) is 41.8 Å². The Kier molecular flexibility index (Phi) is 9.18. The highest BCUT2D eigenvalue weighted by atomic mass is 32.2. The average Bonchev–Trinajstić information content (AvgIpc) is 3.33. The van der Waals surface area contributed by atoms with Crippen LogP contribution >= 0.6 is 0 Å². The summed E-state index contributed by atoms with van der Waals surface area (Å²) >= 11 is 0. The van der Waals surface area contributed by atoms with Gasteiger partial charge in [-0.2, -0.15) is 4.31 Å². The topological polar surface area (TPSA) is 116 Å². The van der Waals surface area contributed by atoms with Crippen molar-refractivity contribution in [1.29, 1.82) is 0 Å². The summed E-state index contributed by atoms with van der Waals surface area (Å²) in [6.45, 7) is 4.17. The molecule has 0 heterocycles. The van der Waals surface area contributed by atoms with Crippen molar-refractivity contribution in [2.75, 3.05) is 27.2 Å². The Morgan fingerprint density at radius 1 is 1.12 bits per heavy atom. The third-order valence-electron chi connectivity index (χ3n) is 7.61. The fraction of sp³-hybridized carbons (Fsp3) is 0.387. The molecule has 3 aromatic rings. The van der Waals surface area contributed by atoms with Crippen molar-refractivity contribution >= 4 is 16.0 Å². The van der Waals surface area contributed by atoms with Gasteiger partial charge < -0.3 is 20.3 Å². The molecule has 0 radical (unpaired) electrons. The van der Waals surface area contributed by atoms with Crippen LogP contribution in [0, 0.1) is 11.7 Å². The van der Waals surface area contributed by atoms with Crippen molar-refractivity contribution in [1.82, 2.24) is 9.62 Å². The molecule has 0 aliphatic heterocycles. The fourth-order valence-electron chi connectivity index (χ4n) is 5.58. The number of aromatic carboxylic acids is 1. The van der Waals surface area contributed by atoms with Gasteiger partial charge >= 0.3 is 5.97 Å². The van der Waals surface area contributed by atoms with E-state index < -0.39 is 33.5 Å². The molecule has 3 N–H and O–H groups in total. The quantitative estimate of drug-likeness (QED) is 0.290. The van der Waals surface area contributed by atoms with E-state index in [1.165, 1.54) is 55.6 Å². The zero-order valence-electron chi connectivity index (χ0n) is 23.7. The summed E-state index contributed by atoms with van der Waals surface area (Å²) in [4.78, 5) is 11.2. The second-order valence-corrected chi connectivity index (χ2v) is 13.3. The molecule has 0 saturated carbocycles. The number of hydrogen-bond donors (Lipinski definition) is 3. The lowest BCUT2D eigenvalue weighted by Gasteiger charge is -2.31. The second-order valence-electron chi connectivity index (χ2n) is 11.3.